The molecule has 9 heteroatoms. The number of likely N-dealkylation sites (N-methyl/N-ethyl adjacent to an activating group) is 1. The van der Waals surface area contributed by atoms with Crippen molar-refractivity contribution in [3.05, 3.63) is 5.21 Å². The van der Waals surface area contributed by atoms with Crippen molar-refractivity contribution in [1.29, 1.82) is 0 Å². The van der Waals surface area contributed by atoms with E-state index in [0.29, 0.717) is 0 Å². The van der Waals surface area contributed by atoms with E-state index in [1.54, 1.807) is 13.8 Å². The van der Waals surface area contributed by atoms with Gasteiger partial charge in [-0.3, -0.25) is 0 Å². The molecule has 0 aromatic heterocycles. The summed E-state index contributed by atoms with van der Waals surface area (Å²) in [4.78, 5) is 15.4. The third-order valence-corrected chi connectivity index (χ3v) is 1.40. The van der Waals surface area contributed by atoms with Gasteiger partial charge in [-0.25, -0.2) is 4.79 Å². The summed E-state index contributed by atoms with van der Waals surface area (Å²) in [5.41, 5.74) is 0. The normalized spacial score (nSPS) is 11.2. The molecule has 0 unspecified atom stereocenters. The molecule has 0 amide bonds. The van der Waals surface area contributed by atoms with Gasteiger partial charge in [-0.05, 0) is 13.8 Å². The Morgan fingerprint density at radius 1 is 1.59 bits per heavy atom. The van der Waals surface area contributed by atoms with Crippen LogP contribution >= 0.6 is 0 Å². The van der Waals surface area contributed by atoms with Gasteiger partial charge in [0.2, 0.25) is 5.28 Å². The first-order valence-electron chi connectivity index (χ1n) is 4.92. The summed E-state index contributed by atoms with van der Waals surface area (Å²) in [5, 5.41) is 23.7. The van der Waals surface area contributed by atoms with Crippen LogP contribution in [0.15, 0.2) is 5.28 Å². The van der Waals surface area contributed by atoms with Gasteiger partial charge in [0.25, 0.3) is 6.79 Å². The minimum atomic E-state index is -0.906. The van der Waals surface area contributed by atoms with Gasteiger partial charge in [0.15, 0.2) is 0 Å². The zero-order valence-electron chi connectivity index (χ0n) is 10.0. The standard InChI is InChI=1S/C8H17N3O6/c1-7(2)17-8(13)15-6-16-9-11(14)10(3)4-5-12/h7,12H,4-6H2,1-3H3. The van der Waals surface area contributed by atoms with E-state index in [1.807, 2.05) is 0 Å². The lowest BCUT2D eigenvalue weighted by molar-refractivity contribution is -0.706. The summed E-state index contributed by atoms with van der Waals surface area (Å²) in [6.45, 7) is 2.71. The molecule has 0 radical (unpaired) electrons. The first-order chi connectivity index (χ1) is 7.97. The molecule has 0 aliphatic heterocycles. The van der Waals surface area contributed by atoms with E-state index in [1.165, 1.54) is 7.05 Å². The zero-order chi connectivity index (χ0) is 13.3. The third kappa shape index (κ3) is 8.08. The van der Waals surface area contributed by atoms with Crippen LogP contribution in [0.2, 0.25) is 0 Å². The van der Waals surface area contributed by atoms with E-state index in [-0.39, 0.29) is 24.2 Å². The summed E-state index contributed by atoms with van der Waals surface area (Å²) in [7, 11) is 1.41. The van der Waals surface area contributed by atoms with Crippen molar-refractivity contribution in [2.75, 3.05) is 27.0 Å². The van der Waals surface area contributed by atoms with Crippen molar-refractivity contribution in [3.63, 3.8) is 0 Å². The highest BCUT2D eigenvalue weighted by atomic mass is 16.8. The maximum Gasteiger partial charge on any atom is 0.511 e. The summed E-state index contributed by atoms with van der Waals surface area (Å²) in [5.74, 6) is 0. The lowest BCUT2D eigenvalue weighted by Crippen LogP contribution is -2.29. The fourth-order valence-corrected chi connectivity index (χ4v) is 0.666. The monoisotopic (exact) mass is 251 g/mol. The van der Waals surface area contributed by atoms with E-state index < -0.39 is 12.9 Å². The number of nitrogens with zero attached hydrogens (tertiary/aromatic N) is 3. The largest absolute Gasteiger partial charge is 0.569 e. The van der Waals surface area contributed by atoms with Crippen LogP contribution in [0.3, 0.4) is 0 Å². The van der Waals surface area contributed by atoms with Gasteiger partial charge in [-0.15, -0.1) is 5.01 Å². The topological polar surface area (TPSA) is 107 Å². The number of ether oxygens (including phenoxy) is 2. The lowest BCUT2D eigenvalue weighted by Gasteiger charge is -2.10. The van der Waals surface area contributed by atoms with Crippen molar-refractivity contribution in [2.24, 2.45) is 5.28 Å². The van der Waals surface area contributed by atoms with E-state index in [9.17, 15) is 10.0 Å². The number of hydrogen-bond acceptors (Lipinski definition) is 7. The van der Waals surface area contributed by atoms with Gasteiger partial charge in [-0.2, -0.15) is 0 Å². The van der Waals surface area contributed by atoms with E-state index in [4.69, 9.17) is 5.11 Å². The molecule has 0 saturated carbocycles. The highest BCUT2D eigenvalue weighted by molar-refractivity contribution is 5.59. The Bertz CT molecular complexity index is 258. The molecule has 0 atom stereocenters. The minimum Gasteiger partial charge on any atom is -0.569 e. The summed E-state index contributed by atoms with van der Waals surface area (Å²) < 4.78 is 9.06. The fourth-order valence-electron chi connectivity index (χ4n) is 0.666. The van der Waals surface area contributed by atoms with E-state index in [0.717, 1.165) is 5.01 Å². The first-order valence-corrected chi connectivity index (χ1v) is 4.92. The molecule has 0 aromatic carbocycles. The number of hydrazine groups is 1. The second-order valence-electron chi connectivity index (χ2n) is 3.25. The molecule has 0 aromatic rings. The van der Waals surface area contributed by atoms with Crippen LogP contribution in [0.4, 0.5) is 4.79 Å². The molecule has 0 aliphatic carbocycles. The second kappa shape index (κ2) is 8.39. The minimum absolute atomic E-state index is 0.104. The van der Waals surface area contributed by atoms with Crippen molar-refractivity contribution < 1.29 is 29.2 Å². The molecular formula is C8H17N3O6. The highest BCUT2D eigenvalue weighted by Gasteiger charge is 2.08. The molecule has 1 N–H and O–H groups in total. The number of rotatable bonds is 7. The van der Waals surface area contributed by atoms with Gasteiger partial charge < -0.3 is 24.6 Å². The molecular weight excluding hydrogens is 234 g/mol. The van der Waals surface area contributed by atoms with Crippen LogP contribution in [0, 0.1) is 5.21 Å². The SMILES string of the molecule is CC(C)OC(=O)OCON=[N+]([O-])N(C)CCO. The van der Waals surface area contributed by atoms with Gasteiger partial charge in [0.05, 0.1) is 31.3 Å². The highest BCUT2D eigenvalue weighted by Crippen LogP contribution is 1.93. The molecule has 0 saturated heterocycles. The number of carbonyl (C=O) groups is 1. The van der Waals surface area contributed by atoms with Crippen LogP contribution in [-0.2, 0) is 14.3 Å². The van der Waals surface area contributed by atoms with Crippen LogP contribution in [0.1, 0.15) is 13.8 Å². The average molecular weight is 251 g/mol. The number of aliphatic hydroxyl groups excluding tert-OH is 1. The maximum atomic E-state index is 11.0. The molecule has 0 heterocycles. The zero-order valence-corrected chi connectivity index (χ0v) is 10.0. The number of carbonyl (C=O) groups excluding carboxylic acids is 1. The average Bonchev–Trinajstić information content (AvgIpc) is 2.23. The Morgan fingerprint density at radius 2 is 2.24 bits per heavy atom. The Morgan fingerprint density at radius 3 is 2.76 bits per heavy atom. The van der Waals surface area contributed by atoms with Gasteiger partial charge >= 0.3 is 6.16 Å². The van der Waals surface area contributed by atoms with E-state index >= 15 is 0 Å². The summed E-state index contributed by atoms with van der Waals surface area (Å²) >= 11 is 0. The number of aliphatic hydroxyl groups is 1. The van der Waals surface area contributed by atoms with Crippen molar-refractivity contribution >= 4 is 6.16 Å². The summed E-state index contributed by atoms with van der Waals surface area (Å²) in [6, 6.07) is 0. The van der Waals surface area contributed by atoms with Crippen LogP contribution < -0.4 is 0 Å². The van der Waals surface area contributed by atoms with Crippen molar-refractivity contribution in [3.8, 4) is 0 Å². The predicted octanol–water partition coefficient (Wildman–Crippen LogP) is 0.239. The number of hydrogen-bond donors (Lipinski definition) is 1. The molecule has 0 fully saturated rings. The van der Waals surface area contributed by atoms with Crippen LogP contribution in [0.5, 0.6) is 0 Å². The summed E-state index contributed by atoms with van der Waals surface area (Å²) in [6.07, 6.45) is -1.21. The fraction of sp³-hybridized carbons (Fsp3) is 0.875. The Balaban J connectivity index is 3.75. The first kappa shape index (κ1) is 15.2. The van der Waals surface area contributed by atoms with E-state index in [2.05, 4.69) is 19.6 Å². The quantitative estimate of drug-likeness (QED) is 0.172. The maximum absolute atomic E-state index is 11.0. The lowest BCUT2D eigenvalue weighted by atomic mass is 10.5. The molecule has 9 nitrogen and oxygen atoms in total. The van der Waals surface area contributed by atoms with Gasteiger partial charge in [0.1, 0.15) is 0 Å². The second-order valence-corrected chi connectivity index (χ2v) is 3.25. The smallest absolute Gasteiger partial charge is 0.511 e. The van der Waals surface area contributed by atoms with Crippen molar-refractivity contribution in [1.82, 2.24) is 5.01 Å². The van der Waals surface area contributed by atoms with Gasteiger partial charge in [0, 0.05) is 0 Å². The third-order valence-electron chi connectivity index (χ3n) is 1.40. The predicted molar refractivity (Wildman–Crippen MR) is 54.4 cm³/mol. The Hall–Kier alpha value is -1.77. The van der Waals surface area contributed by atoms with Crippen molar-refractivity contribution in [2.45, 2.75) is 20.0 Å². The molecule has 17 heavy (non-hydrogen) atoms. The van der Waals surface area contributed by atoms with Crippen LogP contribution in [0.25, 0.3) is 0 Å². The molecule has 100 valence electrons. The van der Waals surface area contributed by atoms with Crippen LogP contribution in [-0.4, -0.2) is 54.3 Å². The molecule has 0 rings (SSSR count). The molecule has 0 bridgehead atoms. The van der Waals surface area contributed by atoms with Gasteiger partial charge in [-0.1, -0.05) is 0 Å². The molecule has 0 aliphatic rings. The Kier molecular flexibility index (Phi) is 7.52. The Labute approximate surface area is 98.7 Å². The molecule has 0 spiro atoms.